The minimum atomic E-state index is -4.94. The van der Waals surface area contributed by atoms with Crippen molar-refractivity contribution in [2.75, 3.05) is 26.4 Å². The third kappa shape index (κ3) is 13.5. The van der Waals surface area contributed by atoms with Crippen LogP contribution < -0.4 is 9.47 Å². The molecule has 0 saturated heterocycles. The molecule has 0 heterocycles. The number of hydrogen-bond acceptors (Lipinski definition) is 6. The first-order valence-corrected chi connectivity index (χ1v) is 19.9. The fourth-order valence-corrected chi connectivity index (χ4v) is 7.27. The van der Waals surface area contributed by atoms with Crippen LogP contribution in [0.15, 0.2) is 81.7 Å². The van der Waals surface area contributed by atoms with Gasteiger partial charge in [-0.25, -0.2) is 9.59 Å². The molecule has 2 atom stereocenters. The van der Waals surface area contributed by atoms with Gasteiger partial charge in [0.2, 0.25) is 0 Å². The summed E-state index contributed by atoms with van der Waals surface area (Å²) in [5.74, 6) is -1.28. The zero-order valence-corrected chi connectivity index (χ0v) is 34.7. The molecule has 0 unspecified atom stereocenters. The van der Waals surface area contributed by atoms with Gasteiger partial charge in [-0.1, -0.05) is 36.4 Å². The number of rotatable bonds is 21. The Kier molecular flexibility index (Phi) is 17.0. The molecule has 0 spiro atoms. The van der Waals surface area contributed by atoms with Gasteiger partial charge in [0, 0.05) is 26.1 Å². The molecule has 4 aromatic carbocycles. The highest BCUT2D eigenvalue weighted by molar-refractivity contribution is 9.11. The van der Waals surface area contributed by atoms with Gasteiger partial charge in [-0.05, 0) is 141 Å². The Morgan fingerprint density at radius 1 is 0.586 bits per heavy atom. The standard InChI is InChI=1S/C42H42Br2F6O8/c1-3-55-37(39(51)52)23-27-11-15-35(33(43)21-27)57-17-5-7-25-9-13-29(31(19-25)41(45,46)47)30-14-10-26(20-32(30)42(48,49)50)8-6-18-58-36-16-12-28(22-34(36)44)24-38(40(53)54)56-4-2/h9-16,19-22,37-38H,3-8,17-18,23-24H2,1-2H3,(H,51,52)(H,53,54)/t37-,38-/m0/s1. The van der Waals surface area contributed by atoms with Crippen LogP contribution in [0.1, 0.15) is 60.1 Å². The van der Waals surface area contributed by atoms with Gasteiger partial charge in [0.25, 0.3) is 0 Å². The molecule has 0 amide bonds. The largest absolute Gasteiger partial charge is 0.492 e. The van der Waals surface area contributed by atoms with Crippen molar-refractivity contribution in [3.63, 3.8) is 0 Å². The molecule has 0 aliphatic rings. The van der Waals surface area contributed by atoms with Gasteiger partial charge in [-0.15, -0.1) is 0 Å². The van der Waals surface area contributed by atoms with Crippen LogP contribution in [0.5, 0.6) is 11.5 Å². The number of carbonyl (C=O) groups is 2. The Morgan fingerprint density at radius 2 is 0.948 bits per heavy atom. The van der Waals surface area contributed by atoms with Crippen molar-refractivity contribution in [2.24, 2.45) is 0 Å². The number of aryl methyl sites for hydroxylation is 2. The smallest absolute Gasteiger partial charge is 0.417 e. The lowest BCUT2D eigenvalue weighted by Crippen LogP contribution is -2.26. The van der Waals surface area contributed by atoms with Crippen LogP contribution >= 0.6 is 31.9 Å². The van der Waals surface area contributed by atoms with Crippen molar-refractivity contribution in [3.05, 3.63) is 115 Å². The van der Waals surface area contributed by atoms with Gasteiger partial charge >= 0.3 is 24.3 Å². The highest BCUT2D eigenvalue weighted by atomic mass is 79.9. The summed E-state index contributed by atoms with van der Waals surface area (Å²) in [6.07, 6.45) is -10.7. The molecule has 16 heteroatoms. The van der Waals surface area contributed by atoms with Crippen LogP contribution in [0.25, 0.3) is 11.1 Å². The zero-order valence-electron chi connectivity index (χ0n) is 31.5. The van der Waals surface area contributed by atoms with E-state index in [0.717, 1.165) is 24.3 Å². The normalized spacial score (nSPS) is 12.9. The molecule has 0 aliphatic heterocycles. The van der Waals surface area contributed by atoms with E-state index in [-0.39, 0.29) is 63.2 Å². The lowest BCUT2D eigenvalue weighted by Gasteiger charge is -2.20. The van der Waals surface area contributed by atoms with Crippen molar-refractivity contribution >= 4 is 43.8 Å². The topological polar surface area (TPSA) is 112 Å². The molecular formula is C42H42Br2F6O8. The van der Waals surface area contributed by atoms with E-state index in [9.17, 15) is 46.1 Å². The average Bonchev–Trinajstić information content (AvgIpc) is 3.15. The number of alkyl halides is 6. The van der Waals surface area contributed by atoms with Gasteiger partial charge in [-0.2, -0.15) is 26.3 Å². The zero-order chi connectivity index (χ0) is 42.6. The van der Waals surface area contributed by atoms with Crippen molar-refractivity contribution in [2.45, 2.75) is 76.9 Å². The number of hydrogen-bond donors (Lipinski definition) is 2. The Hall–Kier alpha value is -4.12. The van der Waals surface area contributed by atoms with E-state index in [2.05, 4.69) is 31.9 Å². The van der Waals surface area contributed by atoms with Crippen molar-refractivity contribution in [1.82, 2.24) is 0 Å². The fourth-order valence-electron chi connectivity index (χ4n) is 6.19. The third-order valence-electron chi connectivity index (χ3n) is 8.92. The Labute approximate surface area is 348 Å². The van der Waals surface area contributed by atoms with Gasteiger partial charge in [0.15, 0.2) is 12.2 Å². The lowest BCUT2D eigenvalue weighted by molar-refractivity contribution is -0.150. The summed E-state index contributed by atoms with van der Waals surface area (Å²) in [6.45, 7) is 4.11. The molecule has 8 nitrogen and oxygen atoms in total. The van der Waals surface area contributed by atoms with E-state index in [4.69, 9.17) is 18.9 Å². The predicted octanol–water partition coefficient (Wildman–Crippen LogP) is 11.0. The molecule has 0 aliphatic carbocycles. The molecule has 4 aromatic rings. The van der Waals surface area contributed by atoms with Gasteiger partial charge in [-0.3, -0.25) is 0 Å². The van der Waals surface area contributed by atoms with Crippen LogP contribution in [-0.2, 0) is 57.1 Å². The lowest BCUT2D eigenvalue weighted by atomic mass is 9.91. The highest BCUT2D eigenvalue weighted by Crippen LogP contribution is 2.43. The van der Waals surface area contributed by atoms with Crippen molar-refractivity contribution < 1.29 is 65.1 Å². The molecule has 0 radical (unpaired) electrons. The average molecular weight is 949 g/mol. The van der Waals surface area contributed by atoms with E-state index in [1.807, 2.05) is 0 Å². The van der Waals surface area contributed by atoms with Crippen LogP contribution in [0.4, 0.5) is 26.3 Å². The maximum absolute atomic E-state index is 14.4. The first-order chi connectivity index (χ1) is 27.4. The Bertz CT molecular complexity index is 1880. The number of benzene rings is 4. The molecule has 0 saturated carbocycles. The van der Waals surface area contributed by atoms with Crippen LogP contribution in [0, 0.1) is 0 Å². The summed E-state index contributed by atoms with van der Waals surface area (Å²) in [6, 6.07) is 16.7. The Morgan fingerprint density at radius 3 is 1.26 bits per heavy atom. The minimum Gasteiger partial charge on any atom is -0.492 e. The van der Waals surface area contributed by atoms with Gasteiger partial charge < -0.3 is 29.2 Å². The van der Waals surface area contributed by atoms with Gasteiger partial charge in [0.05, 0.1) is 33.3 Å². The predicted molar refractivity (Wildman–Crippen MR) is 211 cm³/mol. The van der Waals surface area contributed by atoms with Crippen molar-refractivity contribution in [1.29, 1.82) is 0 Å². The highest BCUT2D eigenvalue weighted by Gasteiger charge is 2.38. The maximum atomic E-state index is 14.4. The second-order valence-electron chi connectivity index (χ2n) is 13.2. The molecule has 314 valence electrons. The van der Waals surface area contributed by atoms with Gasteiger partial charge in [0.1, 0.15) is 11.5 Å². The van der Waals surface area contributed by atoms with Crippen LogP contribution in [0.2, 0.25) is 0 Å². The number of carboxylic acids is 2. The molecule has 58 heavy (non-hydrogen) atoms. The first-order valence-electron chi connectivity index (χ1n) is 18.3. The molecule has 0 aromatic heterocycles. The minimum absolute atomic E-state index is 0.121. The second kappa shape index (κ2) is 21.2. The van der Waals surface area contributed by atoms with E-state index < -0.39 is 58.8 Å². The van der Waals surface area contributed by atoms with E-state index in [1.54, 1.807) is 50.2 Å². The fraction of sp³-hybridized carbons (Fsp3) is 0.381. The number of ether oxygens (including phenoxy) is 4. The van der Waals surface area contributed by atoms with E-state index >= 15 is 0 Å². The number of halogens is 8. The monoisotopic (exact) mass is 946 g/mol. The van der Waals surface area contributed by atoms with Crippen molar-refractivity contribution in [3.8, 4) is 22.6 Å². The molecule has 0 fully saturated rings. The summed E-state index contributed by atoms with van der Waals surface area (Å²) in [5, 5.41) is 18.7. The summed E-state index contributed by atoms with van der Waals surface area (Å²) in [7, 11) is 0. The van der Waals surface area contributed by atoms with Crippen LogP contribution in [-0.4, -0.2) is 60.8 Å². The number of aliphatic carboxylic acids is 2. The van der Waals surface area contributed by atoms with E-state index in [1.165, 1.54) is 12.1 Å². The summed E-state index contributed by atoms with van der Waals surface area (Å²) in [4.78, 5) is 22.8. The SMILES string of the molecule is CCO[C@@H](Cc1ccc(OCCCc2ccc(-c3ccc(CCCOc4ccc(C[C@H](OCC)C(=O)O)cc4Br)cc3C(F)(F)F)c(C(F)(F)F)c2)c(Br)c1)C(=O)O. The quantitative estimate of drug-likeness (QED) is 0.0628. The second-order valence-corrected chi connectivity index (χ2v) is 14.9. The molecule has 4 rings (SSSR count). The van der Waals surface area contributed by atoms with Crippen LogP contribution in [0.3, 0.4) is 0 Å². The molecular weight excluding hydrogens is 906 g/mol. The maximum Gasteiger partial charge on any atom is 0.417 e. The molecule has 0 bridgehead atoms. The number of carboxylic acid groups (broad SMARTS) is 2. The summed E-state index contributed by atoms with van der Waals surface area (Å²) in [5.41, 5.74) is -1.62. The molecule has 2 N–H and O–H groups in total. The first kappa shape index (κ1) is 46.6. The summed E-state index contributed by atoms with van der Waals surface area (Å²) < 4.78 is 110. The van der Waals surface area contributed by atoms with E-state index in [0.29, 0.717) is 44.4 Å². The summed E-state index contributed by atoms with van der Waals surface area (Å²) >= 11 is 6.79. The Balaban J connectivity index is 1.40. The third-order valence-corrected chi connectivity index (χ3v) is 10.2.